The first-order valence-electron chi connectivity index (χ1n) is 15.0. The summed E-state index contributed by atoms with van der Waals surface area (Å²) in [4.78, 5) is 33.5. The number of rotatable bonds is 18. The van der Waals surface area contributed by atoms with E-state index in [2.05, 4.69) is 58.0 Å². The number of aryl methyl sites for hydroxylation is 1. The van der Waals surface area contributed by atoms with Crippen molar-refractivity contribution in [2.75, 3.05) is 28.7 Å². The average molecular weight is 616 g/mol. The maximum atomic E-state index is 12.4. The summed E-state index contributed by atoms with van der Waals surface area (Å²) >= 11 is 3.32. The lowest BCUT2D eigenvalue weighted by Crippen LogP contribution is -2.24. The molecule has 1 amide bonds. The zero-order valence-electron chi connectivity index (χ0n) is 24.9. The molecule has 0 unspecified atom stereocenters. The Morgan fingerprint density at radius 2 is 1.70 bits per heavy atom. The van der Waals surface area contributed by atoms with E-state index in [1.54, 1.807) is 23.5 Å². The summed E-state index contributed by atoms with van der Waals surface area (Å²) in [6.07, 6.45) is 11.3. The molecule has 4 rings (SSSR count). The highest BCUT2D eigenvalue weighted by molar-refractivity contribution is 8.00. The fraction of sp³-hybridized carbons (Fsp3) is 0.412. The van der Waals surface area contributed by atoms with Gasteiger partial charge in [0, 0.05) is 37.7 Å². The van der Waals surface area contributed by atoms with Crippen LogP contribution in [0.5, 0.6) is 0 Å². The Morgan fingerprint density at radius 3 is 2.44 bits per heavy atom. The highest BCUT2D eigenvalue weighted by Gasteiger charge is 2.17. The van der Waals surface area contributed by atoms with Crippen LogP contribution in [0.1, 0.15) is 62.4 Å². The number of nitrogen functional groups attached to an aromatic ring is 1. The zero-order valence-corrected chi connectivity index (χ0v) is 26.6. The van der Waals surface area contributed by atoms with Crippen LogP contribution in [-0.2, 0) is 29.1 Å². The van der Waals surface area contributed by atoms with Crippen molar-refractivity contribution in [3.05, 3.63) is 65.5 Å². The van der Waals surface area contributed by atoms with Crippen LogP contribution >= 0.6 is 23.5 Å². The van der Waals surface area contributed by atoms with Gasteiger partial charge in [-0.25, -0.2) is 9.97 Å². The molecule has 9 heteroatoms. The van der Waals surface area contributed by atoms with Gasteiger partial charge < -0.3 is 15.6 Å². The summed E-state index contributed by atoms with van der Waals surface area (Å²) in [5, 5.41) is 4.09. The van der Waals surface area contributed by atoms with Gasteiger partial charge in [0.25, 0.3) is 0 Å². The van der Waals surface area contributed by atoms with Crippen molar-refractivity contribution in [1.82, 2.24) is 19.9 Å². The van der Waals surface area contributed by atoms with Crippen molar-refractivity contribution in [3.8, 4) is 12.3 Å². The normalized spacial score (nSPS) is 11.2. The molecule has 2 aromatic carbocycles. The second-order valence-corrected chi connectivity index (χ2v) is 12.8. The molecule has 2 heterocycles. The van der Waals surface area contributed by atoms with E-state index in [1.807, 2.05) is 18.2 Å². The zero-order chi connectivity index (χ0) is 30.4. The molecule has 0 aliphatic heterocycles. The second-order valence-electron chi connectivity index (χ2n) is 10.6. The molecular formula is C34H41N5O2S2. The molecule has 0 spiro atoms. The number of Topliss-reactive ketones (excluding diaryl/α,β-unsaturated/α-hetero) is 1. The van der Waals surface area contributed by atoms with E-state index in [-0.39, 0.29) is 11.7 Å². The van der Waals surface area contributed by atoms with Crippen LogP contribution in [0, 0.1) is 12.3 Å². The number of fused-ring (bicyclic) bond motifs is 3. The van der Waals surface area contributed by atoms with Gasteiger partial charge in [-0.15, -0.1) is 12.3 Å². The highest BCUT2D eigenvalue weighted by Crippen LogP contribution is 2.30. The van der Waals surface area contributed by atoms with Gasteiger partial charge in [-0.2, -0.15) is 23.5 Å². The van der Waals surface area contributed by atoms with E-state index < -0.39 is 0 Å². The van der Waals surface area contributed by atoms with E-state index in [4.69, 9.17) is 17.1 Å². The first kappa shape index (κ1) is 32.4. The summed E-state index contributed by atoms with van der Waals surface area (Å²) < 4.78 is 2.29. The lowest BCUT2D eigenvalue weighted by atomic mass is 10.1. The molecule has 0 atom stereocenters. The predicted octanol–water partition coefficient (Wildman–Crippen LogP) is 6.40. The second kappa shape index (κ2) is 17.0. The van der Waals surface area contributed by atoms with Crippen molar-refractivity contribution in [2.24, 2.45) is 0 Å². The third-order valence-electron chi connectivity index (χ3n) is 7.17. The van der Waals surface area contributed by atoms with E-state index >= 15 is 0 Å². The van der Waals surface area contributed by atoms with Gasteiger partial charge in [-0.3, -0.25) is 9.59 Å². The summed E-state index contributed by atoms with van der Waals surface area (Å²) in [6.45, 7) is 3.38. The molecule has 0 bridgehead atoms. The number of nitrogens with two attached hydrogens (primary N) is 1. The number of hydrogen-bond donors (Lipinski definition) is 2. The van der Waals surface area contributed by atoms with Crippen molar-refractivity contribution in [1.29, 1.82) is 0 Å². The summed E-state index contributed by atoms with van der Waals surface area (Å²) in [6, 6.07) is 16.5. The van der Waals surface area contributed by atoms with Gasteiger partial charge in [0.1, 0.15) is 17.1 Å². The minimum absolute atomic E-state index is 0.0473. The number of nitrogens with one attached hydrogen (secondary N) is 1. The third kappa shape index (κ3) is 9.50. The van der Waals surface area contributed by atoms with E-state index in [1.165, 1.54) is 0 Å². The number of carbonyl (C=O) groups excluding carboxylic acids is 2. The lowest BCUT2D eigenvalue weighted by Gasteiger charge is -2.12. The maximum absolute atomic E-state index is 12.4. The third-order valence-corrected chi connectivity index (χ3v) is 9.32. The van der Waals surface area contributed by atoms with Crippen molar-refractivity contribution in [3.63, 3.8) is 0 Å². The average Bonchev–Trinajstić information content (AvgIpc) is 3.38. The topological polar surface area (TPSA) is 103 Å². The van der Waals surface area contributed by atoms with Crippen LogP contribution in [0.25, 0.3) is 21.9 Å². The number of pyridine rings is 1. The van der Waals surface area contributed by atoms with Crippen LogP contribution < -0.4 is 11.1 Å². The Labute approximate surface area is 263 Å². The fourth-order valence-electron chi connectivity index (χ4n) is 4.84. The highest BCUT2D eigenvalue weighted by atomic mass is 32.2. The number of thioether (sulfide) groups is 2. The largest absolute Gasteiger partial charge is 0.382 e. The number of anilines is 1. The molecule has 2 aromatic heterocycles. The van der Waals surface area contributed by atoms with Crippen molar-refractivity contribution < 1.29 is 9.59 Å². The van der Waals surface area contributed by atoms with Gasteiger partial charge in [-0.05, 0) is 48.0 Å². The summed E-state index contributed by atoms with van der Waals surface area (Å²) in [5.41, 5.74) is 11.3. The Kier molecular flexibility index (Phi) is 12.8. The number of ketones is 1. The molecule has 0 aliphatic carbocycles. The minimum atomic E-state index is 0.0473. The number of aromatic nitrogens is 3. The molecule has 7 nitrogen and oxygen atoms in total. The number of amides is 1. The van der Waals surface area contributed by atoms with E-state index in [0.717, 1.165) is 82.5 Å². The Hall–Kier alpha value is -3.48. The number of para-hydroxylation sites is 1. The number of terminal acetylenes is 1. The van der Waals surface area contributed by atoms with Crippen LogP contribution in [0.3, 0.4) is 0 Å². The molecule has 0 aliphatic rings. The number of carbonyl (C=O) groups is 2. The minimum Gasteiger partial charge on any atom is -0.382 e. The summed E-state index contributed by atoms with van der Waals surface area (Å²) in [7, 11) is 0. The van der Waals surface area contributed by atoms with Gasteiger partial charge in [0.15, 0.2) is 5.82 Å². The van der Waals surface area contributed by atoms with Crippen LogP contribution in [-0.4, -0.2) is 49.2 Å². The van der Waals surface area contributed by atoms with E-state index in [0.29, 0.717) is 43.3 Å². The van der Waals surface area contributed by atoms with Crippen LogP contribution in [0.15, 0.2) is 48.5 Å². The smallest absolute Gasteiger partial charge is 0.230 e. The number of nitrogens with zero attached hydrogens (tertiary/aromatic N) is 3. The molecule has 43 heavy (non-hydrogen) atoms. The number of hydrogen-bond acceptors (Lipinski definition) is 7. The Morgan fingerprint density at radius 1 is 0.977 bits per heavy atom. The molecule has 3 N–H and O–H groups in total. The van der Waals surface area contributed by atoms with Gasteiger partial charge in [-0.1, -0.05) is 55.8 Å². The SMILES string of the molecule is C#CCCC(=O)CSCCCCSCC(=O)NCc1ccc(Cn2c(CCCC)nc3c(N)nc4ccccc4c32)cc1. The molecule has 4 aromatic rings. The van der Waals surface area contributed by atoms with Crippen molar-refractivity contribution >= 4 is 63.0 Å². The standard InChI is InChI=1S/C34H41N5O2S2/c1-3-5-11-27(40)23-42-19-9-10-20-43-24-31(41)36-21-25-15-17-26(18-16-25)22-39-30(14-6-4-2)38-32-33(39)28-12-7-8-13-29(28)37-34(32)35/h1,7-8,12-13,15-18H,4-6,9-11,14,19-24H2,2H3,(H2,35,37)(H,36,41). The molecule has 0 fully saturated rings. The molecule has 0 saturated carbocycles. The van der Waals surface area contributed by atoms with Crippen LogP contribution in [0.4, 0.5) is 5.82 Å². The number of benzene rings is 2. The number of unbranched alkanes of at least 4 members (excludes halogenated alkanes) is 2. The monoisotopic (exact) mass is 615 g/mol. The van der Waals surface area contributed by atoms with Gasteiger partial charge in [0.2, 0.25) is 5.91 Å². The lowest BCUT2D eigenvalue weighted by molar-refractivity contribution is -0.119. The molecule has 226 valence electrons. The summed E-state index contributed by atoms with van der Waals surface area (Å²) in [5.74, 6) is 7.17. The fourth-order valence-corrected chi connectivity index (χ4v) is 6.61. The first-order chi connectivity index (χ1) is 21.0. The Balaban J connectivity index is 1.25. The number of imidazole rings is 1. The quantitative estimate of drug-likeness (QED) is 0.0986. The van der Waals surface area contributed by atoms with Crippen LogP contribution in [0.2, 0.25) is 0 Å². The predicted molar refractivity (Wildman–Crippen MR) is 182 cm³/mol. The molecule has 0 saturated heterocycles. The molecular weight excluding hydrogens is 575 g/mol. The van der Waals surface area contributed by atoms with E-state index in [9.17, 15) is 9.59 Å². The van der Waals surface area contributed by atoms with Gasteiger partial charge in [0.05, 0.1) is 22.5 Å². The molecule has 0 radical (unpaired) electrons. The van der Waals surface area contributed by atoms with Crippen molar-refractivity contribution in [2.45, 2.75) is 65.0 Å². The van der Waals surface area contributed by atoms with Gasteiger partial charge >= 0.3 is 0 Å². The Bertz CT molecular complexity index is 1560. The maximum Gasteiger partial charge on any atom is 0.230 e. The first-order valence-corrected chi connectivity index (χ1v) is 17.3.